The zero-order valence-corrected chi connectivity index (χ0v) is 8.49. The van der Waals surface area contributed by atoms with Gasteiger partial charge in [-0.1, -0.05) is 12.0 Å². The highest BCUT2D eigenvalue weighted by molar-refractivity contribution is 5.20. The van der Waals surface area contributed by atoms with Gasteiger partial charge in [0.1, 0.15) is 0 Å². The maximum absolute atomic E-state index is 5.35. The van der Waals surface area contributed by atoms with E-state index >= 15 is 0 Å². The van der Waals surface area contributed by atoms with E-state index in [0.717, 1.165) is 19.6 Å². The summed E-state index contributed by atoms with van der Waals surface area (Å²) in [6.07, 6.45) is 0.989. The van der Waals surface area contributed by atoms with Crippen LogP contribution >= 0.6 is 0 Å². The minimum absolute atomic E-state index is 0.378. The van der Waals surface area contributed by atoms with Gasteiger partial charge in [0.25, 0.3) is 0 Å². The third-order valence-corrected chi connectivity index (χ3v) is 2.48. The molecule has 0 radical (unpaired) electrons. The molecular weight excluding hydrogens is 182 g/mol. The van der Waals surface area contributed by atoms with Crippen molar-refractivity contribution in [2.24, 2.45) is 5.92 Å². The van der Waals surface area contributed by atoms with Crippen LogP contribution in [-0.4, -0.2) is 29.5 Å². The van der Waals surface area contributed by atoms with Crippen molar-refractivity contribution in [1.29, 1.82) is 0 Å². The monoisotopic (exact) mass is 197 g/mol. The number of nitrogens with zero attached hydrogens (tertiary/aromatic N) is 2. The molecule has 0 bridgehead atoms. The number of aromatic nitrogens is 2. The number of ether oxygens (including phenoxy) is 1. The fourth-order valence-electron chi connectivity index (χ4n) is 1.61. The molecule has 1 aliphatic rings. The molecule has 14 heavy (non-hydrogen) atoms. The Morgan fingerprint density at radius 3 is 2.93 bits per heavy atom. The summed E-state index contributed by atoms with van der Waals surface area (Å²) in [5, 5.41) is 10.9. The first kappa shape index (κ1) is 9.45. The molecule has 5 heteroatoms. The minimum Gasteiger partial charge on any atom is -0.408 e. The number of nitrogens with one attached hydrogen (secondary N) is 1. The van der Waals surface area contributed by atoms with Crippen molar-refractivity contribution in [3.8, 4) is 0 Å². The summed E-state index contributed by atoms with van der Waals surface area (Å²) in [6.45, 7) is 5.53. The molecule has 0 aliphatic carbocycles. The summed E-state index contributed by atoms with van der Waals surface area (Å²) >= 11 is 0. The number of rotatable bonds is 2. The average molecular weight is 197 g/mol. The van der Waals surface area contributed by atoms with E-state index in [1.807, 2.05) is 0 Å². The Kier molecular flexibility index (Phi) is 2.67. The van der Waals surface area contributed by atoms with Crippen LogP contribution in [0.1, 0.15) is 19.2 Å². The Labute approximate surface area is 82.8 Å². The van der Waals surface area contributed by atoms with Gasteiger partial charge in [0.15, 0.2) is 0 Å². The molecule has 78 valence electrons. The van der Waals surface area contributed by atoms with Crippen LogP contribution in [0.4, 0.5) is 6.01 Å². The highest BCUT2D eigenvalue weighted by Gasteiger charge is 2.23. The van der Waals surface area contributed by atoms with Gasteiger partial charge >= 0.3 is 6.01 Å². The smallest absolute Gasteiger partial charge is 0.315 e. The van der Waals surface area contributed by atoms with Gasteiger partial charge in [-0.05, 0) is 12.3 Å². The lowest BCUT2D eigenvalue weighted by Crippen LogP contribution is -2.36. The predicted molar refractivity (Wildman–Crippen MR) is 51.0 cm³/mol. The highest BCUT2D eigenvalue weighted by Crippen LogP contribution is 2.18. The Morgan fingerprint density at radius 1 is 1.43 bits per heavy atom. The topological polar surface area (TPSA) is 60.2 Å². The first-order valence-electron chi connectivity index (χ1n) is 4.90. The molecule has 1 aliphatic heterocycles. The standard InChI is InChI=1S/C9H15N3O2/c1-6-5-13-4-3-8(6)10-9-12-11-7(2)14-9/h6,8H,3-5H2,1-2H3,(H,10,12). The Hall–Kier alpha value is -1.10. The summed E-state index contributed by atoms with van der Waals surface area (Å²) in [4.78, 5) is 0. The van der Waals surface area contributed by atoms with Gasteiger partial charge in [0.05, 0.1) is 6.61 Å². The summed E-state index contributed by atoms with van der Waals surface area (Å²) in [6, 6.07) is 0.893. The lowest BCUT2D eigenvalue weighted by molar-refractivity contribution is 0.0532. The van der Waals surface area contributed by atoms with Crippen molar-refractivity contribution < 1.29 is 9.15 Å². The molecule has 0 amide bonds. The lowest BCUT2D eigenvalue weighted by Gasteiger charge is -2.28. The Balaban J connectivity index is 1.95. The minimum atomic E-state index is 0.378. The molecule has 0 aromatic carbocycles. The second-order valence-electron chi connectivity index (χ2n) is 3.72. The van der Waals surface area contributed by atoms with Gasteiger partial charge in [0, 0.05) is 19.6 Å². The van der Waals surface area contributed by atoms with Gasteiger partial charge in [-0.2, -0.15) is 0 Å². The van der Waals surface area contributed by atoms with E-state index in [9.17, 15) is 0 Å². The number of hydrogen-bond acceptors (Lipinski definition) is 5. The van der Waals surface area contributed by atoms with Gasteiger partial charge in [0.2, 0.25) is 5.89 Å². The maximum Gasteiger partial charge on any atom is 0.315 e. The van der Waals surface area contributed by atoms with Gasteiger partial charge < -0.3 is 14.5 Å². The van der Waals surface area contributed by atoms with Crippen molar-refractivity contribution in [2.75, 3.05) is 18.5 Å². The van der Waals surface area contributed by atoms with Crippen LogP contribution in [-0.2, 0) is 4.74 Å². The summed E-state index contributed by atoms with van der Waals surface area (Å²) in [7, 11) is 0. The molecule has 2 heterocycles. The van der Waals surface area contributed by atoms with E-state index in [0.29, 0.717) is 23.9 Å². The number of anilines is 1. The van der Waals surface area contributed by atoms with Crippen LogP contribution in [0.5, 0.6) is 0 Å². The quantitative estimate of drug-likeness (QED) is 0.772. The Morgan fingerprint density at radius 2 is 2.29 bits per heavy atom. The third-order valence-electron chi connectivity index (χ3n) is 2.48. The second kappa shape index (κ2) is 3.96. The van der Waals surface area contributed by atoms with E-state index in [4.69, 9.17) is 9.15 Å². The van der Waals surface area contributed by atoms with Crippen LogP contribution in [0, 0.1) is 12.8 Å². The molecule has 1 aromatic rings. The van der Waals surface area contributed by atoms with Crippen molar-refractivity contribution in [3.05, 3.63) is 5.89 Å². The van der Waals surface area contributed by atoms with Crippen LogP contribution in [0.15, 0.2) is 4.42 Å². The highest BCUT2D eigenvalue weighted by atomic mass is 16.5. The molecule has 2 unspecified atom stereocenters. The van der Waals surface area contributed by atoms with E-state index in [-0.39, 0.29) is 0 Å². The van der Waals surface area contributed by atoms with Crippen LogP contribution in [0.25, 0.3) is 0 Å². The molecule has 1 N–H and O–H groups in total. The molecule has 2 atom stereocenters. The largest absolute Gasteiger partial charge is 0.408 e. The number of aryl methyl sites for hydroxylation is 1. The van der Waals surface area contributed by atoms with Crippen LogP contribution < -0.4 is 5.32 Å². The second-order valence-corrected chi connectivity index (χ2v) is 3.72. The maximum atomic E-state index is 5.35. The van der Waals surface area contributed by atoms with E-state index in [1.54, 1.807) is 6.92 Å². The summed E-state index contributed by atoms with van der Waals surface area (Å²) in [5.74, 6) is 1.07. The van der Waals surface area contributed by atoms with Crippen molar-refractivity contribution >= 4 is 6.01 Å². The van der Waals surface area contributed by atoms with Crippen LogP contribution in [0.3, 0.4) is 0 Å². The zero-order valence-electron chi connectivity index (χ0n) is 8.49. The lowest BCUT2D eigenvalue weighted by atomic mass is 9.98. The normalized spacial score (nSPS) is 27.6. The van der Waals surface area contributed by atoms with Crippen molar-refractivity contribution in [2.45, 2.75) is 26.3 Å². The molecule has 5 nitrogen and oxygen atoms in total. The van der Waals surface area contributed by atoms with E-state index in [2.05, 4.69) is 22.4 Å². The van der Waals surface area contributed by atoms with Crippen molar-refractivity contribution in [1.82, 2.24) is 10.2 Å². The fraction of sp³-hybridized carbons (Fsp3) is 0.778. The summed E-state index contributed by atoms with van der Waals surface area (Å²) in [5.41, 5.74) is 0. The van der Waals surface area contributed by atoms with Gasteiger partial charge in [-0.3, -0.25) is 0 Å². The molecule has 1 fully saturated rings. The first-order chi connectivity index (χ1) is 6.75. The predicted octanol–water partition coefficient (Wildman–Crippen LogP) is 1.21. The van der Waals surface area contributed by atoms with Crippen LogP contribution in [0.2, 0.25) is 0 Å². The van der Waals surface area contributed by atoms with Gasteiger partial charge in [-0.25, -0.2) is 0 Å². The molecule has 0 saturated carbocycles. The molecular formula is C9H15N3O2. The average Bonchev–Trinajstić information content (AvgIpc) is 2.56. The van der Waals surface area contributed by atoms with Crippen molar-refractivity contribution in [3.63, 3.8) is 0 Å². The third kappa shape index (κ3) is 2.04. The molecule has 0 spiro atoms. The zero-order chi connectivity index (χ0) is 9.97. The molecule has 1 aromatic heterocycles. The SMILES string of the molecule is Cc1nnc(NC2CCOCC2C)o1. The first-order valence-corrected chi connectivity index (χ1v) is 4.90. The molecule has 2 rings (SSSR count). The van der Waals surface area contributed by atoms with E-state index in [1.165, 1.54) is 0 Å². The number of hydrogen-bond donors (Lipinski definition) is 1. The van der Waals surface area contributed by atoms with E-state index < -0.39 is 0 Å². The summed E-state index contributed by atoms with van der Waals surface area (Å²) < 4.78 is 10.6. The fourth-order valence-corrected chi connectivity index (χ4v) is 1.61. The Bertz CT molecular complexity index is 300. The molecule has 1 saturated heterocycles. The van der Waals surface area contributed by atoms with Gasteiger partial charge in [-0.15, -0.1) is 5.10 Å².